The van der Waals surface area contributed by atoms with Gasteiger partial charge in [0, 0.05) is 29.4 Å². The Morgan fingerprint density at radius 3 is 2.54 bits per heavy atom. The van der Waals surface area contributed by atoms with Gasteiger partial charge in [-0.2, -0.15) is 0 Å². The number of amides is 1. The summed E-state index contributed by atoms with van der Waals surface area (Å²) in [6.45, 7) is 2.70. The van der Waals surface area contributed by atoms with E-state index in [0.29, 0.717) is 17.3 Å². The molecule has 8 heteroatoms. The highest BCUT2D eigenvalue weighted by molar-refractivity contribution is 7.89. The first-order valence-corrected chi connectivity index (χ1v) is 9.87. The van der Waals surface area contributed by atoms with E-state index in [2.05, 4.69) is 10.0 Å². The summed E-state index contributed by atoms with van der Waals surface area (Å²) in [7, 11) is 0.0455. The highest BCUT2D eigenvalue weighted by Gasteiger charge is 2.16. The van der Waals surface area contributed by atoms with Crippen molar-refractivity contribution in [2.24, 2.45) is 0 Å². The third-order valence-electron chi connectivity index (χ3n) is 3.69. The largest absolute Gasteiger partial charge is 0.322 e. The molecule has 2 N–H and O–H groups in total. The Labute approximate surface area is 159 Å². The minimum absolute atomic E-state index is 0.0525. The van der Waals surface area contributed by atoms with E-state index in [1.165, 1.54) is 12.1 Å². The van der Waals surface area contributed by atoms with Gasteiger partial charge in [-0.1, -0.05) is 17.7 Å². The van der Waals surface area contributed by atoms with Crippen LogP contribution in [0.25, 0.3) is 0 Å². The highest BCUT2D eigenvalue weighted by Crippen LogP contribution is 2.21. The molecule has 0 radical (unpaired) electrons. The van der Waals surface area contributed by atoms with Gasteiger partial charge in [-0.3, -0.25) is 4.79 Å². The van der Waals surface area contributed by atoms with E-state index < -0.39 is 10.0 Å². The summed E-state index contributed by atoms with van der Waals surface area (Å²) in [5.41, 5.74) is 1.70. The number of sulfonamides is 1. The summed E-state index contributed by atoms with van der Waals surface area (Å²) in [5, 5.41) is 3.35. The second-order valence-electron chi connectivity index (χ2n) is 6.14. The number of likely N-dealkylation sites (N-methyl/N-ethyl adjacent to an activating group) is 1. The number of halogens is 1. The predicted molar refractivity (Wildman–Crippen MR) is 104 cm³/mol. The third-order valence-corrected chi connectivity index (χ3v) is 5.39. The smallest absolute Gasteiger partial charge is 0.255 e. The second kappa shape index (κ2) is 8.64. The van der Waals surface area contributed by atoms with Gasteiger partial charge in [0.25, 0.3) is 5.91 Å². The molecular weight excluding hydrogens is 374 g/mol. The van der Waals surface area contributed by atoms with Crippen LogP contribution >= 0.6 is 11.6 Å². The molecule has 0 saturated carbocycles. The first kappa shape index (κ1) is 20.4. The number of carbonyl (C=O) groups is 1. The van der Waals surface area contributed by atoms with E-state index in [1.807, 2.05) is 25.9 Å². The van der Waals surface area contributed by atoms with Crippen LogP contribution in [0, 0.1) is 6.92 Å². The summed E-state index contributed by atoms with van der Waals surface area (Å²) in [6, 6.07) is 11.1. The molecule has 0 aliphatic rings. The quantitative estimate of drug-likeness (QED) is 0.755. The SMILES string of the molecule is Cc1cc(Cl)ccc1NC(=O)c1cccc(S(=O)(=O)NCCN(C)C)c1. The Morgan fingerprint density at radius 1 is 1.15 bits per heavy atom. The maximum Gasteiger partial charge on any atom is 0.255 e. The Balaban J connectivity index is 2.16. The summed E-state index contributed by atoms with van der Waals surface area (Å²) in [6.07, 6.45) is 0. The lowest BCUT2D eigenvalue weighted by molar-refractivity contribution is 0.102. The number of aryl methyl sites for hydroxylation is 1. The van der Waals surface area contributed by atoms with Gasteiger partial charge in [-0.25, -0.2) is 13.1 Å². The lowest BCUT2D eigenvalue weighted by Crippen LogP contribution is -2.31. The fourth-order valence-electron chi connectivity index (χ4n) is 2.25. The molecule has 1 amide bonds. The van der Waals surface area contributed by atoms with Crippen molar-refractivity contribution >= 4 is 33.2 Å². The van der Waals surface area contributed by atoms with Crippen molar-refractivity contribution in [2.75, 3.05) is 32.5 Å². The van der Waals surface area contributed by atoms with E-state index in [9.17, 15) is 13.2 Å². The number of nitrogens with one attached hydrogen (secondary N) is 2. The van der Waals surface area contributed by atoms with Crippen LogP contribution in [-0.4, -0.2) is 46.4 Å². The fraction of sp³-hybridized carbons (Fsp3) is 0.278. The molecule has 0 saturated heterocycles. The molecule has 0 aliphatic heterocycles. The van der Waals surface area contributed by atoms with E-state index in [-0.39, 0.29) is 22.9 Å². The van der Waals surface area contributed by atoms with Crippen molar-refractivity contribution in [1.82, 2.24) is 9.62 Å². The van der Waals surface area contributed by atoms with Crippen molar-refractivity contribution in [3.05, 3.63) is 58.6 Å². The highest BCUT2D eigenvalue weighted by atomic mass is 35.5. The molecule has 26 heavy (non-hydrogen) atoms. The first-order chi connectivity index (χ1) is 12.2. The number of rotatable bonds is 7. The number of carbonyl (C=O) groups excluding carboxylic acids is 1. The van der Waals surface area contributed by atoms with E-state index in [4.69, 9.17) is 11.6 Å². The van der Waals surface area contributed by atoms with Crippen LogP contribution in [0.1, 0.15) is 15.9 Å². The maximum absolute atomic E-state index is 12.5. The van der Waals surface area contributed by atoms with Crippen molar-refractivity contribution < 1.29 is 13.2 Å². The summed E-state index contributed by atoms with van der Waals surface area (Å²) < 4.78 is 27.2. The van der Waals surface area contributed by atoms with Gasteiger partial charge in [0.15, 0.2) is 0 Å². The fourth-order valence-corrected chi connectivity index (χ4v) is 3.55. The summed E-state index contributed by atoms with van der Waals surface area (Å²) in [5.74, 6) is -0.388. The van der Waals surface area contributed by atoms with Crippen LogP contribution in [-0.2, 0) is 10.0 Å². The molecular formula is C18H22ClN3O3S. The van der Waals surface area contributed by atoms with Crippen molar-refractivity contribution in [2.45, 2.75) is 11.8 Å². The normalized spacial score (nSPS) is 11.6. The number of anilines is 1. The summed E-state index contributed by atoms with van der Waals surface area (Å²) in [4.78, 5) is 14.4. The number of hydrogen-bond donors (Lipinski definition) is 2. The molecule has 6 nitrogen and oxygen atoms in total. The zero-order valence-electron chi connectivity index (χ0n) is 14.9. The van der Waals surface area contributed by atoms with Crippen molar-refractivity contribution in [3.63, 3.8) is 0 Å². The second-order valence-corrected chi connectivity index (χ2v) is 8.35. The van der Waals surface area contributed by atoms with Gasteiger partial charge in [0.2, 0.25) is 10.0 Å². The molecule has 0 fully saturated rings. The topological polar surface area (TPSA) is 78.5 Å². The Morgan fingerprint density at radius 2 is 1.88 bits per heavy atom. The average Bonchev–Trinajstić information content (AvgIpc) is 2.57. The lowest BCUT2D eigenvalue weighted by Gasteiger charge is -2.12. The Hall–Kier alpha value is -1.93. The number of hydrogen-bond acceptors (Lipinski definition) is 4. The number of benzene rings is 2. The summed E-state index contributed by atoms with van der Waals surface area (Å²) >= 11 is 5.91. The first-order valence-electron chi connectivity index (χ1n) is 8.01. The minimum Gasteiger partial charge on any atom is -0.322 e. The molecule has 140 valence electrons. The maximum atomic E-state index is 12.5. The van der Waals surface area contributed by atoms with Gasteiger partial charge in [-0.15, -0.1) is 0 Å². The van der Waals surface area contributed by atoms with Crippen LogP contribution < -0.4 is 10.0 Å². The third kappa shape index (κ3) is 5.54. The zero-order chi connectivity index (χ0) is 19.3. The Kier molecular flexibility index (Phi) is 6.77. The standard InChI is InChI=1S/C18H22ClN3O3S/c1-13-11-15(19)7-8-17(13)21-18(23)14-5-4-6-16(12-14)26(24,25)20-9-10-22(2)3/h4-8,11-12,20H,9-10H2,1-3H3,(H,21,23). The molecule has 0 aromatic heterocycles. The average molecular weight is 396 g/mol. The van der Waals surface area contributed by atoms with Crippen LogP contribution in [0.2, 0.25) is 5.02 Å². The molecule has 2 rings (SSSR count). The lowest BCUT2D eigenvalue weighted by atomic mass is 10.1. The van der Waals surface area contributed by atoms with Gasteiger partial charge in [0.1, 0.15) is 0 Å². The molecule has 0 aliphatic carbocycles. The van der Waals surface area contributed by atoms with E-state index >= 15 is 0 Å². The molecule has 0 bridgehead atoms. The van der Waals surface area contributed by atoms with Crippen LogP contribution in [0.15, 0.2) is 47.4 Å². The van der Waals surface area contributed by atoms with Crippen LogP contribution in [0.3, 0.4) is 0 Å². The van der Waals surface area contributed by atoms with Gasteiger partial charge < -0.3 is 10.2 Å². The molecule has 2 aromatic rings. The molecule has 0 atom stereocenters. The molecule has 0 heterocycles. The van der Waals surface area contributed by atoms with Gasteiger partial charge >= 0.3 is 0 Å². The van der Waals surface area contributed by atoms with E-state index in [0.717, 1.165) is 5.56 Å². The van der Waals surface area contributed by atoms with Gasteiger partial charge in [-0.05, 0) is 63.0 Å². The van der Waals surface area contributed by atoms with Gasteiger partial charge in [0.05, 0.1) is 4.90 Å². The molecule has 0 spiro atoms. The molecule has 2 aromatic carbocycles. The number of nitrogens with zero attached hydrogens (tertiary/aromatic N) is 1. The zero-order valence-corrected chi connectivity index (χ0v) is 16.5. The van der Waals surface area contributed by atoms with Crippen LogP contribution in [0.5, 0.6) is 0 Å². The van der Waals surface area contributed by atoms with Crippen molar-refractivity contribution in [1.29, 1.82) is 0 Å². The predicted octanol–water partition coefficient (Wildman–Crippen LogP) is 2.74. The van der Waals surface area contributed by atoms with Crippen LogP contribution in [0.4, 0.5) is 5.69 Å². The molecule has 0 unspecified atom stereocenters. The monoisotopic (exact) mass is 395 g/mol. The van der Waals surface area contributed by atoms with Crippen molar-refractivity contribution in [3.8, 4) is 0 Å². The minimum atomic E-state index is -3.67. The Bertz CT molecular complexity index is 898. The van der Waals surface area contributed by atoms with E-state index in [1.54, 1.807) is 30.3 Å².